The van der Waals surface area contributed by atoms with Crippen molar-refractivity contribution in [1.82, 2.24) is 15.5 Å². The fourth-order valence-corrected chi connectivity index (χ4v) is 4.01. The second-order valence-electron chi connectivity index (χ2n) is 11.4. The van der Waals surface area contributed by atoms with Crippen LogP contribution in [0.3, 0.4) is 0 Å². The summed E-state index contributed by atoms with van der Waals surface area (Å²) in [7, 11) is 1.24. The van der Waals surface area contributed by atoms with Crippen LogP contribution in [0.5, 0.6) is 0 Å². The molecule has 0 aromatic heterocycles. The van der Waals surface area contributed by atoms with Crippen LogP contribution in [-0.2, 0) is 23.9 Å². The van der Waals surface area contributed by atoms with Crippen molar-refractivity contribution in [3.8, 4) is 0 Å². The van der Waals surface area contributed by atoms with E-state index in [0.29, 0.717) is 18.4 Å². The minimum atomic E-state index is -1.06. The minimum absolute atomic E-state index is 0.248. The number of aryl methyl sites for hydroxylation is 1. The molecule has 0 saturated heterocycles. The third kappa shape index (κ3) is 8.74. The maximum absolute atomic E-state index is 14.4. The first kappa shape index (κ1) is 32.9. The number of hydrogen-bond acceptors (Lipinski definition) is 6. The lowest BCUT2D eigenvalue weighted by molar-refractivity contribution is -0.151. The summed E-state index contributed by atoms with van der Waals surface area (Å²) in [5, 5.41) is 5.42. The Balaban J connectivity index is 3.75. The number of ether oxygens (including phenoxy) is 2. The first-order valence-corrected chi connectivity index (χ1v) is 13.2. The molecule has 0 aliphatic carbocycles. The number of carbonyl (C=O) groups is 4. The smallest absolute Gasteiger partial charge is 0.408 e. The van der Waals surface area contributed by atoms with Crippen molar-refractivity contribution >= 4 is 23.9 Å². The van der Waals surface area contributed by atoms with Crippen molar-refractivity contribution in [2.45, 2.75) is 105 Å². The lowest BCUT2D eigenvalue weighted by Gasteiger charge is -2.45. The number of amides is 3. The highest BCUT2D eigenvalue weighted by atomic mass is 16.6. The Hall–Kier alpha value is -3.10. The zero-order chi connectivity index (χ0) is 29.4. The lowest BCUT2D eigenvalue weighted by Crippen LogP contribution is -2.61. The van der Waals surface area contributed by atoms with Gasteiger partial charge in [0.25, 0.3) is 0 Å². The van der Waals surface area contributed by atoms with E-state index in [0.717, 1.165) is 11.1 Å². The van der Waals surface area contributed by atoms with E-state index in [1.54, 1.807) is 25.7 Å². The fraction of sp³-hybridized carbons (Fsp3) is 0.655. The van der Waals surface area contributed by atoms with Gasteiger partial charge in [0.15, 0.2) is 0 Å². The summed E-state index contributed by atoms with van der Waals surface area (Å²) in [6.07, 6.45) is 0.433. The zero-order valence-corrected chi connectivity index (χ0v) is 25.0. The second-order valence-corrected chi connectivity index (χ2v) is 11.4. The first-order valence-electron chi connectivity index (χ1n) is 13.2. The van der Waals surface area contributed by atoms with Crippen LogP contribution in [0.4, 0.5) is 4.79 Å². The van der Waals surface area contributed by atoms with Gasteiger partial charge >= 0.3 is 12.1 Å². The molecule has 2 N–H and O–H groups in total. The van der Waals surface area contributed by atoms with Crippen LogP contribution in [0.2, 0.25) is 0 Å². The van der Waals surface area contributed by atoms with Crippen LogP contribution in [0, 0.1) is 19.8 Å². The Morgan fingerprint density at radius 1 is 1.03 bits per heavy atom. The molecule has 9 nitrogen and oxygen atoms in total. The van der Waals surface area contributed by atoms with Gasteiger partial charge in [0.2, 0.25) is 11.8 Å². The summed E-state index contributed by atoms with van der Waals surface area (Å²) in [5.74, 6) is -1.77. The van der Waals surface area contributed by atoms with Gasteiger partial charge in [-0.05, 0) is 77.5 Å². The Bertz CT molecular complexity index is 999. The molecule has 214 valence electrons. The largest absolute Gasteiger partial charge is 0.468 e. The van der Waals surface area contributed by atoms with E-state index in [1.165, 1.54) is 7.11 Å². The summed E-state index contributed by atoms with van der Waals surface area (Å²) < 4.78 is 10.2. The molecule has 0 spiro atoms. The molecule has 9 heteroatoms. The second kappa shape index (κ2) is 13.6. The SMILES string of the molecule is CCC(C)C(NC(=O)OC(C)(C)C)C(=O)N(C(C(=O)NCC(=O)OC)c1cccc(C)c1C)C(C)(C)CC. The zero-order valence-electron chi connectivity index (χ0n) is 25.0. The molecule has 1 aromatic rings. The molecule has 0 heterocycles. The van der Waals surface area contributed by atoms with E-state index in [2.05, 4.69) is 10.6 Å². The molecule has 3 amide bonds. The van der Waals surface area contributed by atoms with Gasteiger partial charge < -0.3 is 25.0 Å². The molecule has 0 radical (unpaired) electrons. The van der Waals surface area contributed by atoms with Gasteiger partial charge in [0.1, 0.15) is 24.2 Å². The predicted octanol–water partition coefficient (Wildman–Crippen LogP) is 4.59. The molecule has 1 aromatic carbocycles. The number of methoxy groups -OCH3 is 1. The van der Waals surface area contributed by atoms with Crippen LogP contribution in [-0.4, -0.2) is 59.6 Å². The number of nitrogens with zero attached hydrogens (tertiary/aromatic N) is 1. The number of hydrogen-bond donors (Lipinski definition) is 2. The number of esters is 1. The van der Waals surface area contributed by atoms with E-state index >= 15 is 0 Å². The maximum atomic E-state index is 14.4. The lowest BCUT2D eigenvalue weighted by atomic mass is 9.87. The standard InChI is InChI=1S/C29H47N3O6/c1-12-18(3)23(31-27(36)38-28(6,7)8)26(35)32(29(9,10)13-2)24(25(34)30-17-22(33)37-11)21-16-14-15-19(4)20(21)5/h14-16,18,23-24H,12-13,17H2,1-11H3,(H,30,34)(H,31,36). The predicted molar refractivity (Wildman–Crippen MR) is 148 cm³/mol. The van der Waals surface area contributed by atoms with Gasteiger partial charge in [-0.25, -0.2) is 4.79 Å². The molecular formula is C29H47N3O6. The molecule has 0 aliphatic heterocycles. The third-order valence-corrected chi connectivity index (χ3v) is 6.99. The van der Waals surface area contributed by atoms with Gasteiger partial charge in [-0.1, -0.05) is 45.4 Å². The normalized spacial score (nSPS) is 14.1. The van der Waals surface area contributed by atoms with Gasteiger partial charge in [0, 0.05) is 5.54 Å². The summed E-state index contributed by atoms with van der Waals surface area (Å²) >= 11 is 0. The number of nitrogens with one attached hydrogen (secondary N) is 2. The van der Waals surface area contributed by atoms with Gasteiger partial charge in [0.05, 0.1) is 7.11 Å². The number of rotatable bonds is 11. The Labute approximate surface area is 228 Å². The van der Waals surface area contributed by atoms with Crippen molar-refractivity contribution in [2.24, 2.45) is 5.92 Å². The highest BCUT2D eigenvalue weighted by Gasteiger charge is 2.44. The maximum Gasteiger partial charge on any atom is 0.408 e. The van der Waals surface area contributed by atoms with Crippen molar-refractivity contribution in [2.75, 3.05) is 13.7 Å². The van der Waals surface area contributed by atoms with Crippen LogP contribution < -0.4 is 10.6 Å². The Kier molecular flexibility index (Phi) is 11.8. The van der Waals surface area contributed by atoms with E-state index in [1.807, 2.05) is 66.7 Å². The van der Waals surface area contributed by atoms with Gasteiger partial charge in [-0.3, -0.25) is 14.4 Å². The number of carbonyl (C=O) groups excluding carboxylic acids is 4. The van der Waals surface area contributed by atoms with Crippen LogP contribution in [0.15, 0.2) is 18.2 Å². The molecule has 3 atom stereocenters. The molecule has 0 saturated carbocycles. The Morgan fingerprint density at radius 2 is 1.63 bits per heavy atom. The fourth-order valence-electron chi connectivity index (χ4n) is 4.01. The van der Waals surface area contributed by atoms with E-state index in [-0.39, 0.29) is 12.5 Å². The van der Waals surface area contributed by atoms with E-state index in [9.17, 15) is 19.2 Å². The molecule has 3 unspecified atom stereocenters. The minimum Gasteiger partial charge on any atom is -0.468 e. The molecule has 0 aliphatic rings. The molecule has 1 rings (SSSR count). The first-order chi connectivity index (χ1) is 17.5. The van der Waals surface area contributed by atoms with Crippen LogP contribution in [0.1, 0.15) is 91.0 Å². The van der Waals surface area contributed by atoms with Crippen molar-refractivity contribution in [3.63, 3.8) is 0 Å². The molecule has 0 fully saturated rings. The topological polar surface area (TPSA) is 114 Å². The highest BCUT2D eigenvalue weighted by molar-refractivity contribution is 5.94. The van der Waals surface area contributed by atoms with Gasteiger partial charge in [-0.2, -0.15) is 0 Å². The van der Waals surface area contributed by atoms with Crippen LogP contribution >= 0.6 is 0 Å². The van der Waals surface area contributed by atoms with Crippen molar-refractivity contribution < 1.29 is 28.7 Å². The quantitative estimate of drug-likeness (QED) is 0.402. The van der Waals surface area contributed by atoms with E-state index < -0.39 is 47.1 Å². The monoisotopic (exact) mass is 533 g/mol. The number of alkyl carbamates (subject to hydrolysis) is 1. The summed E-state index contributed by atoms with van der Waals surface area (Å²) in [6, 6.07) is 3.59. The summed E-state index contributed by atoms with van der Waals surface area (Å²) in [5.41, 5.74) is 0.921. The average Bonchev–Trinajstić information content (AvgIpc) is 2.83. The molecule has 38 heavy (non-hydrogen) atoms. The highest BCUT2D eigenvalue weighted by Crippen LogP contribution is 2.35. The average molecular weight is 534 g/mol. The molecular weight excluding hydrogens is 486 g/mol. The van der Waals surface area contributed by atoms with E-state index in [4.69, 9.17) is 9.47 Å². The number of benzene rings is 1. The summed E-state index contributed by atoms with van der Waals surface area (Å²) in [4.78, 5) is 54.4. The van der Waals surface area contributed by atoms with Crippen molar-refractivity contribution in [3.05, 3.63) is 34.9 Å². The van der Waals surface area contributed by atoms with Crippen molar-refractivity contribution in [1.29, 1.82) is 0 Å². The molecule has 0 bridgehead atoms. The summed E-state index contributed by atoms with van der Waals surface area (Å²) in [6.45, 7) is 18.3. The third-order valence-electron chi connectivity index (χ3n) is 6.99. The van der Waals surface area contributed by atoms with Crippen LogP contribution in [0.25, 0.3) is 0 Å². The van der Waals surface area contributed by atoms with Gasteiger partial charge in [-0.15, -0.1) is 0 Å². The Morgan fingerprint density at radius 3 is 2.13 bits per heavy atom.